The molecule has 0 radical (unpaired) electrons. The molecule has 0 saturated carbocycles. The first kappa shape index (κ1) is 18.4. The lowest BCUT2D eigenvalue weighted by molar-refractivity contribution is -0.136. The Morgan fingerprint density at radius 1 is 1.12 bits per heavy atom. The normalized spacial score (nSPS) is 11.9. The first-order valence-electron chi connectivity index (χ1n) is 8.18. The lowest BCUT2D eigenvalue weighted by Crippen LogP contribution is -2.12. The summed E-state index contributed by atoms with van der Waals surface area (Å²) in [5.41, 5.74) is -1.47. The zero-order chi connectivity index (χ0) is 17.7. The molecule has 0 atom stereocenters. The van der Waals surface area contributed by atoms with Crippen LogP contribution < -0.4 is 10.4 Å². The third kappa shape index (κ3) is 4.10. The maximum Gasteiger partial charge on any atom is 0.417 e. The van der Waals surface area contributed by atoms with Gasteiger partial charge in [-0.05, 0) is 25.0 Å². The van der Waals surface area contributed by atoms with Crippen LogP contribution in [0.1, 0.15) is 50.7 Å². The fraction of sp³-hybridized carbons (Fsp3) is 0.500. The predicted molar refractivity (Wildman–Crippen MR) is 86.5 cm³/mol. The first-order chi connectivity index (χ1) is 11.4. The van der Waals surface area contributed by atoms with Gasteiger partial charge in [-0.25, -0.2) is 4.79 Å². The molecule has 24 heavy (non-hydrogen) atoms. The van der Waals surface area contributed by atoms with Gasteiger partial charge in [0.2, 0.25) is 0 Å². The van der Waals surface area contributed by atoms with E-state index in [1.54, 1.807) is 0 Å². The van der Waals surface area contributed by atoms with Gasteiger partial charge in [0.25, 0.3) is 0 Å². The highest BCUT2D eigenvalue weighted by atomic mass is 19.4. The Balaban J connectivity index is 2.54. The number of benzene rings is 1. The second kappa shape index (κ2) is 7.73. The van der Waals surface area contributed by atoms with Crippen molar-refractivity contribution in [3.63, 3.8) is 0 Å². The maximum absolute atomic E-state index is 13.2. The van der Waals surface area contributed by atoms with Gasteiger partial charge < -0.3 is 9.15 Å². The van der Waals surface area contributed by atoms with Crippen molar-refractivity contribution in [3.05, 3.63) is 39.7 Å². The van der Waals surface area contributed by atoms with Crippen LogP contribution in [-0.2, 0) is 12.6 Å². The summed E-state index contributed by atoms with van der Waals surface area (Å²) in [5, 5.41) is -0.105. The van der Waals surface area contributed by atoms with Crippen molar-refractivity contribution < 1.29 is 22.3 Å². The quantitative estimate of drug-likeness (QED) is 0.504. The Hall–Kier alpha value is -1.98. The van der Waals surface area contributed by atoms with Gasteiger partial charge >= 0.3 is 11.8 Å². The molecular weight excluding hydrogens is 321 g/mol. The Morgan fingerprint density at radius 3 is 2.50 bits per heavy atom. The molecule has 0 aliphatic rings. The average Bonchev–Trinajstić information content (AvgIpc) is 2.52. The van der Waals surface area contributed by atoms with E-state index in [4.69, 9.17) is 9.15 Å². The molecule has 3 nitrogen and oxygen atoms in total. The second-order valence-corrected chi connectivity index (χ2v) is 5.70. The largest absolute Gasteiger partial charge is 0.493 e. The molecule has 0 saturated heterocycles. The molecule has 1 aromatic heterocycles. The van der Waals surface area contributed by atoms with Crippen LogP contribution in [-0.4, -0.2) is 6.61 Å². The van der Waals surface area contributed by atoms with E-state index in [-0.39, 0.29) is 11.0 Å². The summed E-state index contributed by atoms with van der Waals surface area (Å²) in [6, 6.07) is 3.35. The van der Waals surface area contributed by atoms with Crippen molar-refractivity contribution >= 4 is 11.0 Å². The molecule has 0 fully saturated rings. The zero-order valence-electron chi connectivity index (χ0n) is 13.8. The number of hydrogen-bond acceptors (Lipinski definition) is 3. The highest BCUT2D eigenvalue weighted by Crippen LogP contribution is 2.37. The number of alkyl halides is 3. The summed E-state index contributed by atoms with van der Waals surface area (Å²) in [7, 11) is 0. The minimum absolute atomic E-state index is 0.0235. The molecule has 2 aromatic rings. The molecule has 132 valence electrons. The molecule has 0 amide bonds. The van der Waals surface area contributed by atoms with Gasteiger partial charge in [0.15, 0.2) is 0 Å². The lowest BCUT2D eigenvalue weighted by atomic mass is 10.0. The fourth-order valence-electron chi connectivity index (χ4n) is 2.65. The van der Waals surface area contributed by atoms with E-state index in [0.29, 0.717) is 36.8 Å². The molecule has 1 aromatic carbocycles. The molecular formula is C18H21F3O3. The van der Waals surface area contributed by atoms with Crippen LogP contribution in [0.3, 0.4) is 0 Å². The highest BCUT2D eigenvalue weighted by molar-refractivity contribution is 5.85. The monoisotopic (exact) mass is 342 g/mol. The average molecular weight is 342 g/mol. The zero-order valence-corrected chi connectivity index (χ0v) is 13.8. The van der Waals surface area contributed by atoms with Gasteiger partial charge in [-0.2, -0.15) is 13.2 Å². The standard InChI is InChI=1S/C18H21F3O3/c1-3-5-6-10-23-15-9-8-12-14(18(19,20)21)11-16(22)24-17(12)13(15)7-4-2/h8-9,11H,3-7,10H2,1-2H3. The van der Waals surface area contributed by atoms with Crippen LogP contribution in [0.2, 0.25) is 0 Å². The minimum atomic E-state index is -4.61. The molecule has 0 aliphatic heterocycles. The number of halogens is 3. The van der Waals surface area contributed by atoms with Crippen LogP contribution in [0, 0.1) is 0 Å². The van der Waals surface area contributed by atoms with Crippen molar-refractivity contribution in [3.8, 4) is 5.75 Å². The van der Waals surface area contributed by atoms with Crippen LogP contribution >= 0.6 is 0 Å². The minimum Gasteiger partial charge on any atom is -0.493 e. The van der Waals surface area contributed by atoms with Gasteiger partial charge in [0.05, 0.1) is 12.2 Å². The van der Waals surface area contributed by atoms with Gasteiger partial charge in [-0.15, -0.1) is 0 Å². The number of fused-ring (bicyclic) bond motifs is 1. The van der Waals surface area contributed by atoms with Gasteiger partial charge in [-0.1, -0.05) is 33.1 Å². The summed E-state index contributed by atoms with van der Waals surface area (Å²) < 4.78 is 50.4. The summed E-state index contributed by atoms with van der Waals surface area (Å²) >= 11 is 0. The van der Waals surface area contributed by atoms with Crippen molar-refractivity contribution in [2.24, 2.45) is 0 Å². The smallest absolute Gasteiger partial charge is 0.417 e. The molecule has 0 bridgehead atoms. The van der Waals surface area contributed by atoms with Crippen LogP contribution in [0.4, 0.5) is 13.2 Å². The molecule has 0 N–H and O–H groups in total. The van der Waals surface area contributed by atoms with E-state index >= 15 is 0 Å². The highest BCUT2D eigenvalue weighted by Gasteiger charge is 2.34. The number of aryl methyl sites for hydroxylation is 1. The maximum atomic E-state index is 13.2. The fourth-order valence-corrected chi connectivity index (χ4v) is 2.65. The van der Waals surface area contributed by atoms with Gasteiger partial charge in [-0.3, -0.25) is 0 Å². The third-order valence-corrected chi connectivity index (χ3v) is 3.78. The van der Waals surface area contributed by atoms with Gasteiger partial charge in [0, 0.05) is 17.0 Å². The van der Waals surface area contributed by atoms with E-state index in [9.17, 15) is 18.0 Å². The Bertz CT molecular complexity index is 747. The van der Waals surface area contributed by atoms with Crippen LogP contribution in [0.15, 0.2) is 27.4 Å². The predicted octanol–water partition coefficient (Wildman–Crippen LogP) is 5.33. The van der Waals surface area contributed by atoms with Crippen molar-refractivity contribution in [1.29, 1.82) is 0 Å². The molecule has 0 spiro atoms. The molecule has 1 heterocycles. The first-order valence-corrected chi connectivity index (χ1v) is 8.18. The Kier molecular flexibility index (Phi) is 5.91. The van der Waals surface area contributed by atoms with Crippen LogP contribution in [0.5, 0.6) is 5.75 Å². The Morgan fingerprint density at radius 2 is 1.88 bits per heavy atom. The summed E-state index contributed by atoms with van der Waals surface area (Å²) in [6.45, 7) is 4.47. The molecule has 0 aliphatic carbocycles. The topological polar surface area (TPSA) is 39.4 Å². The van der Waals surface area contributed by atoms with E-state index in [2.05, 4.69) is 6.92 Å². The lowest BCUT2D eigenvalue weighted by Gasteiger charge is -2.15. The van der Waals surface area contributed by atoms with Crippen molar-refractivity contribution in [1.82, 2.24) is 0 Å². The van der Waals surface area contributed by atoms with Gasteiger partial charge in [0.1, 0.15) is 11.3 Å². The van der Waals surface area contributed by atoms with Crippen molar-refractivity contribution in [2.45, 2.75) is 52.1 Å². The second-order valence-electron chi connectivity index (χ2n) is 5.70. The number of ether oxygens (including phenoxy) is 1. The molecule has 0 unspecified atom stereocenters. The Labute approximate surface area is 138 Å². The molecule has 2 rings (SSSR count). The van der Waals surface area contributed by atoms with E-state index in [1.807, 2.05) is 6.92 Å². The summed E-state index contributed by atoms with van der Waals surface area (Å²) in [6.07, 6.45) is -0.500. The summed E-state index contributed by atoms with van der Waals surface area (Å²) in [4.78, 5) is 11.6. The number of hydrogen-bond donors (Lipinski definition) is 0. The summed E-state index contributed by atoms with van der Waals surface area (Å²) in [5.74, 6) is 0.489. The number of rotatable bonds is 7. The van der Waals surface area contributed by atoms with Crippen molar-refractivity contribution in [2.75, 3.05) is 6.61 Å². The van der Waals surface area contributed by atoms with Crippen LogP contribution in [0.25, 0.3) is 11.0 Å². The van der Waals surface area contributed by atoms with E-state index in [1.165, 1.54) is 12.1 Å². The third-order valence-electron chi connectivity index (χ3n) is 3.78. The SMILES string of the molecule is CCCCCOc1ccc2c(C(F)(F)F)cc(=O)oc2c1CCC. The number of unbranched alkanes of at least 4 members (excludes halogenated alkanes) is 2. The van der Waals surface area contributed by atoms with E-state index in [0.717, 1.165) is 19.3 Å². The van der Waals surface area contributed by atoms with E-state index < -0.39 is 17.4 Å². The molecule has 6 heteroatoms.